The Bertz CT molecular complexity index is 718. The van der Waals surface area contributed by atoms with Gasteiger partial charge in [-0.2, -0.15) is 0 Å². The van der Waals surface area contributed by atoms with E-state index >= 15 is 0 Å². The number of piperazine rings is 1. The molecule has 1 aromatic rings. The number of rotatable bonds is 6. The lowest BCUT2D eigenvalue weighted by molar-refractivity contribution is -0.123. The number of hydrogen-bond donors (Lipinski definition) is 2. The van der Waals surface area contributed by atoms with Crippen LogP contribution in [0.4, 0.5) is 5.69 Å². The monoisotopic (exact) mass is 526 g/mol. The Morgan fingerprint density at radius 1 is 1.07 bits per heavy atom. The van der Waals surface area contributed by atoms with Gasteiger partial charge in [0.2, 0.25) is 5.91 Å². The van der Waals surface area contributed by atoms with Gasteiger partial charge in [0, 0.05) is 64.6 Å². The lowest BCUT2D eigenvalue weighted by Crippen LogP contribution is -2.54. The second-order valence-electron chi connectivity index (χ2n) is 7.93. The highest BCUT2D eigenvalue weighted by molar-refractivity contribution is 14.0. The van der Waals surface area contributed by atoms with E-state index < -0.39 is 0 Å². The number of guanidine groups is 1. The van der Waals surface area contributed by atoms with E-state index in [1.807, 2.05) is 20.9 Å². The summed E-state index contributed by atoms with van der Waals surface area (Å²) in [5.41, 5.74) is 2.51. The van der Waals surface area contributed by atoms with Crippen molar-refractivity contribution >= 4 is 41.5 Å². The minimum absolute atomic E-state index is 0. The van der Waals surface area contributed by atoms with Crippen LogP contribution in [-0.4, -0.2) is 80.6 Å². The van der Waals surface area contributed by atoms with Crippen molar-refractivity contribution in [3.8, 4) is 0 Å². The first-order valence-corrected chi connectivity index (χ1v) is 10.5. The smallest absolute Gasteiger partial charge is 0.234 e. The molecule has 0 unspecified atom stereocenters. The van der Waals surface area contributed by atoms with Gasteiger partial charge in [-0.3, -0.25) is 14.7 Å². The highest BCUT2D eigenvalue weighted by Gasteiger charge is 2.21. The molecule has 0 aliphatic carbocycles. The zero-order chi connectivity index (χ0) is 20.6. The number of benzene rings is 1. The van der Waals surface area contributed by atoms with Gasteiger partial charge in [-0.05, 0) is 31.5 Å². The molecule has 2 aliphatic heterocycles. The molecule has 1 fully saturated rings. The van der Waals surface area contributed by atoms with Crippen molar-refractivity contribution in [2.75, 3.05) is 57.8 Å². The molecule has 0 spiro atoms. The lowest BCUT2D eigenvalue weighted by atomic mass is 10.2. The molecule has 30 heavy (non-hydrogen) atoms. The number of carbonyl (C=O) groups is 1. The Labute approximate surface area is 197 Å². The van der Waals surface area contributed by atoms with Crippen molar-refractivity contribution < 1.29 is 4.79 Å². The summed E-state index contributed by atoms with van der Waals surface area (Å²) in [6, 6.07) is 8.92. The van der Waals surface area contributed by atoms with Crippen molar-refractivity contribution in [3.05, 3.63) is 42.0 Å². The molecule has 2 aliphatic rings. The maximum atomic E-state index is 12.0. The summed E-state index contributed by atoms with van der Waals surface area (Å²) in [4.78, 5) is 23.2. The summed E-state index contributed by atoms with van der Waals surface area (Å²) >= 11 is 0. The quantitative estimate of drug-likeness (QED) is 0.257. The summed E-state index contributed by atoms with van der Waals surface area (Å²) in [5.74, 6) is 1.02. The zero-order valence-electron chi connectivity index (χ0n) is 18.3. The van der Waals surface area contributed by atoms with Crippen LogP contribution in [-0.2, 0) is 11.3 Å². The second-order valence-corrected chi connectivity index (χ2v) is 7.93. The summed E-state index contributed by atoms with van der Waals surface area (Å²) in [7, 11) is 1.83. The standard InChI is InChI=1S/C22H34N6O.HI/c1-18(2)25-21(29)17-26-12-14-28(15-13-26)22(23-3)24-16-19-6-8-20(9-7-19)27-10-4-5-11-27;/h4-9,18H,10-17H2,1-3H3,(H,23,24)(H,25,29);1H. The molecule has 2 N–H and O–H groups in total. The Balaban J connectivity index is 0.00000320. The molecule has 0 bridgehead atoms. The van der Waals surface area contributed by atoms with Crippen molar-refractivity contribution in [2.45, 2.75) is 26.4 Å². The average molecular weight is 526 g/mol. The minimum atomic E-state index is 0. The van der Waals surface area contributed by atoms with Gasteiger partial charge in [-0.25, -0.2) is 0 Å². The first-order chi connectivity index (χ1) is 14.0. The number of amides is 1. The van der Waals surface area contributed by atoms with Crippen LogP contribution in [0.2, 0.25) is 0 Å². The molecule has 0 radical (unpaired) electrons. The van der Waals surface area contributed by atoms with Crippen molar-refractivity contribution in [3.63, 3.8) is 0 Å². The number of nitrogens with one attached hydrogen (secondary N) is 2. The van der Waals surface area contributed by atoms with Gasteiger partial charge < -0.3 is 20.4 Å². The molecule has 3 rings (SSSR count). The van der Waals surface area contributed by atoms with Crippen LogP contribution in [0.25, 0.3) is 0 Å². The van der Waals surface area contributed by atoms with E-state index in [1.165, 1.54) is 11.3 Å². The third-order valence-corrected chi connectivity index (χ3v) is 5.27. The fourth-order valence-electron chi connectivity index (χ4n) is 3.72. The highest BCUT2D eigenvalue weighted by Crippen LogP contribution is 2.17. The minimum Gasteiger partial charge on any atom is -0.364 e. The van der Waals surface area contributed by atoms with Gasteiger partial charge in [-0.1, -0.05) is 24.3 Å². The van der Waals surface area contributed by atoms with E-state index in [-0.39, 0.29) is 35.9 Å². The van der Waals surface area contributed by atoms with E-state index in [1.54, 1.807) is 0 Å². The van der Waals surface area contributed by atoms with Crippen LogP contribution in [0.15, 0.2) is 41.4 Å². The number of aliphatic imine (C=N–C) groups is 1. The summed E-state index contributed by atoms with van der Waals surface area (Å²) < 4.78 is 0. The lowest BCUT2D eigenvalue weighted by Gasteiger charge is -2.36. The Morgan fingerprint density at radius 2 is 1.70 bits per heavy atom. The van der Waals surface area contributed by atoms with Crippen LogP contribution < -0.4 is 15.5 Å². The van der Waals surface area contributed by atoms with Gasteiger partial charge in [0.15, 0.2) is 5.96 Å². The molecule has 7 nitrogen and oxygen atoms in total. The summed E-state index contributed by atoms with van der Waals surface area (Å²) in [6.07, 6.45) is 4.41. The van der Waals surface area contributed by atoms with Crippen LogP contribution in [0, 0.1) is 0 Å². The third-order valence-electron chi connectivity index (χ3n) is 5.27. The van der Waals surface area contributed by atoms with Crippen LogP contribution in [0.3, 0.4) is 0 Å². The summed E-state index contributed by atoms with van der Waals surface area (Å²) in [6.45, 7) is 10.7. The molecule has 166 valence electrons. The van der Waals surface area contributed by atoms with Gasteiger partial charge in [0.1, 0.15) is 0 Å². The normalized spacial score (nSPS) is 17.3. The maximum Gasteiger partial charge on any atom is 0.234 e. The predicted molar refractivity (Wildman–Crippen MR) is 135 cm³/mol. The fourth-order valence-corrected chi connectivity index (χ4v) is 3.72. The van der Waals surface area contributed by atoms with Crippen molar-refractivity contribution in [1.82, 2.24) is 20.4 Å². The topological polar surface area (TPSA) is 63.2 Å². The van der Waals surface area contributed by atoms with E-state index in [4.69, 9.17) is 0 Å². The van der Waals surface area contributed by atoms with Gasteiger partial charge >= 0.3 is 0 Å². The second kappa shape index (κ2) is 12.1. The molecule has 0 aromatic heterocycles. The molecular weight excluding hydrogens is 491 g/mol. The first kappa shape index (κ1) is 24.5. The Morgan fingerprint density at radius 3 is 2.27 bits per heavy atom. The van der Waals surface area contributed by atoms with E-state index in [2.05, 4.69) is 66.7 Å². The van der Waals surface area contributed by atoms with Gasteiger partial charge in [0.05, 0.1) is 6.54 Å². The van der Waals surface area contributed by atoms with Crippen molar-refractivity contribution in [2.24, 2.45) is 4.99 Å². The van der Waals surface area contributed by atoms with Crippen LogP contribution in [0.1, 0.15) is 19.4 Å². The average Bonchev–Trinajstić information content (AvgIpc) is 3.24. The van der Waals surface area contributed by atoms with E-state index in [0.29, 0.717) is 6.54 Å². The molecule has 2 heterocycles. The maximum absolute atomic E-state index is 12.0. The largest absolute Gasteiger partial charge is 0.364 e. The Kier molecular flexibility index (Phi) is 9.90. The summed E-state index contributed by atoms with van der Waals surface area (Å²) in [5, 5.41) is 6.44. The van der Waals surface area contributed by atoms with Crippen molar-refractivity contribution in [1.29, 1.82) is 0 Å². The molecule has 1 amide bonds. The fraction of sp³-hybridized carbons (Fsp3) is 0.545. The molecule has 8 heteroatoms. The Hall–Kier alpha value is -1.81. The molecular formula is C22H35IN6O. The number of halogens is 1. The zero-order valence-corrected chi connectivity index (χ0v) is 20.6. The van der Waals surface area contributed by atoms with Crippen LogP contribution >= 0.6 is 24.0 Å². The predicted octanol–water partition coefficient (Wildman–Crippen LogP) is 1.90. The third kappa shape index (κ3) is 7.16. The first-order valence-electron chi connectivity index (χ1n) is 10.5. The van der Waals surface area contributed by atoms with Crippen LogP contribution in [0.5, 0.6) is 0 Å². The number of carbonyl (C=O) groups excluding carboxylic acids is 1. The SMILES string of the molecule is CN=C(NCc1ccc(N2CC=CC2)cc1)N1CCN(CC(=O)NC(C)C)CC1.I. The molecule has 0 atom stereocenters. The number of hydrogen-bond acceptors (Lipinski definition) is 4. The molecule has 1 aromatic carbocycles. The molecule has 0 saturated carbocycles. The van der Waals surface area contributed by atoms with E-state index in [9.17, 15) is 4.79 Å². The highest BCUT2D eigenvalue weighted by atomic mass is 127. The number of anilines is 1. The van der Waals surface area contributed by atoms with Gasteiger partial charge in [0.25, 0.3) is 0 Å². The number of nitrogens with zero attached hydrogens (tertiary/aromatic N) is 4. The van der Waals surface area contributed by atoms with E-state index in [0.717, 1.165) is 51.8 Å². The van der Waals surface area contributed by atoms with Gasteiger partial charge in [-0.15, -0.1) is 24.0 Å². The molecule has 1 saturated heterocycles.